The van der Waals surface area contributed by atoms with Crippen molar-refractivity contribution in [3.8, 4) is 0 Å². The van der Waals surface area contributed by atoms with E-state index < -0.39 is 0 Å². The highest BCUT2D eigenvalue weighted by molar-refractivity contribution is 5.93. The summed E-state index contributed by atoms with van der Waals surface area (Å²) < 4.78 is 0. The van der Waals surface area contributed by atoms with Crippen molar-refractivity contribution in [2.75, 3.05) is 12.3 Å². The van der Waals surface area contributed by atoms with Crippen LogP contribution < -0.4 is 5.73 Å². The zero-order valence-electron chi connectivity index (χ0n) is 10.7. The molecular formula is C15H17N3O. The Morgan fingerprint density at radius 2 is 2.05 bits per heavy atom. The number of nitrogen functional groups attached to an aromatic ring is 1. The van der Waals surface area contributed by atoms with E-state index in [0.29, 0.717) is 17.9 Å². The Hall–Kier alpha value is -2.23. The molecule has 98 valence electrons. The minimum Gasteiger partial charge on any atom is -0.397 e. The number of hydrogen-bond donors (Lipinski definition) is 2. The summed E-state index contributed by atoms with van der Waals surface area (Å²) in [6, 6.07) is 10.0. The lowest BCUT2D eigenvalue weighted by Crippen LogP contribution is -2.30. The van der Waals surface area contributed by atoms with Gasteiger partial charge in [-0.15, -0.1) is 0 Å². The van der Waals surface area contributed by atoms with E-state index in [4.69, 9.17) is 5.73 Å². The van der Waals surface area contributed by atoms with Crippen LogP contribution in [-0.2, 0) is 13.0 Å². The maximum Gasteiger partial charge on any atom is 0.270 e. The summed E-state index contributed by atoms with van der Waals surface area (Å²) in [6.07, 6.45) is 3.69. The molecule has 0 unspecified atom stereocenters. The Morgan fingerprint density at radius 1 is 1.26 bits per heavy atom. The average Bonchev–Trinajstić information content (AvgIpc) is 2.74. The monoisotopic (exact) mass is 255 g/mol. The molecule has 1 aromatic heterocycles. The van der Waals surface area contributed by atoms with E-state index in [-0.39, 0.29) is 5.91 Å². The lowest BCUT2D eigenvalue weighted by atomic mass is 10.0. The van der Waals surface area contributed by atoms with E-state index in [0.717, 1.165) is 19.4 Å². The van der Waals surface area contributed by atoms with Crippen LogP contribution in [0.5, 0.6) is 0 Å². The van der Waals surface area contributed by atoms with E-state index in [2.05, 4.69) is 23.2 Å². The Labute approximate surface area is 112 Å². The number of fused-ring (bicyclic) bond motifs is 1. The lowest BCUT2D eigenvalue weighted by Gasteiger charge is -2.20. The highest BCUT2D eigenvalue weighted by atomic mass is 16.2. The van der Waals surface area contributed by atoms with Crippen LogP contribution in [0, 0.1) is 0 Å². The van der Waals surface area contributed by atoms with Crippen LogP contribution in [0.4, 0.5) is 5.69 Å². The van der Waals surface area contributed by atoms with Crippen molar-refractivity contribution in [2.24, 2.45) is 0 Å². The van der Waals surface area contributed by atoms with Crippen molar-refractivity contribution in [3.63, 3.8) is 0 Å². The van der Waals surface area contributed by atoms with Gasteiger partial charge in [0.1, 0.15) is 5.69 Å². The molecule has 3 N–H and O–H groups in total. The summed E-state index contributed by atoms with van der Waals surface area (Å²) in [6.45, 7) is 1.46. The first-order chi connectivity index (χ1) is 9.24. The van der Waals surface area contributed by atoms with Crippen LogP contribution >= 0.6 is 0 Å². The number of hydrogen-bond acceptors (Lipinski definition) is 2. The van der Waals surface area contributed by atoms with Crippen molar-refractivity contribution in [3.05, 3.63) is 53.3 Å². The first kappa shape index (κ1) is 11.8. The maximum atomic E-state index is 12.4. The van der Waals surface area contributed by atoms with Crippen molar-refractivity contribution in [1.29, 1.82) is 0 Å². The van der Waals surface area contributed by atoms with Gasteiger partial charge in [0.2, 0.25) is 0 Å². The van der Waals surface area contributed by atoms with Crippen LogP contribution in [0.3, 0.4) is 0 Å². The van der Waals surface area contributed by atoms with Gasteiger partial charge in [0.15, 0.2) is 0 Å². The number of aromatic amines is 1. The maximum absolute atomic E-state index is 12.4. The number of nitrogens with one attached hydrogen (secondary N) is 1. The number of H-pyrrole nitrogens is 1. The summed E-state index contributed by atoms with van der Waals surface area (Å²) >= 11 is 0. The average molecular weight is 255 g/mol. The third-order valence-corrected chi connectivity index (χ3v) is 3.58. The van der Waals surface area contributed by atoms with Gasteiger partial charge in [0.05, 0.1) is 0 Å². The standard InChI is InChI=1S/C15H17N3O/c16-13-8-14(17-9-13)15(19)18-7-3-6-11-4-1-2-5-12(11)10-18/h1-2,4-5,8-9,17H,3,6-7,10,16H2. The van der Waals surface area contributed by atoms with E-state index in [1.165, 1.54) is 11.1 Å². The third-order valence-electron chi connectivity index (χ3n) is 3.58. The van der Waals surface area contributed by atoms with E-state index in [1.807, 2.05) is 11.0 Å². The number of aromatic nitrogens is 1. The number of carbonyl (C=O) groups is 1. The van der Waals surface area contributed by atoms with Gasteiger partial charge in [0.25, 0.3) is 5.91 Å². The number of anilines is 1. The Balaban J connectivity index is 1.84. The van der Waals surface area contributed by atoms with E-state index >= 15 is 0 Å². The molecule has 2 aromatic rings. The molecule has 0 spiro atoms. The fourth-order valence-corrected chi connectivity index (χ4v) is 2.58. The van der Waals surface area contributed by atoms with Gasteiger partial charge in [-0.25, -0.2) is 0 Å². The minimum absolute atomic E-state index is 0.0217. The number of carbonyl (C=O) groups excluding carboxylic acids is 1. The highest BCUT2D eigenvalue weighted by Gasteiger charge is 2.20. The van der Waals surface area contributed by atoms with Crippen molar-refractivity contribution in [2.45, 2.75) is 19.4 Å². The molecule has 4 heteroatoms. The number of nitrogens with zero attached hydrogens (tertiary/aromatic N) is 1. The first-order valence-electron chi connectivity index (χ1n) is 6.54. The van der Waals surface area contributed by atoms with Gasteiger partial charge < -0.3 is 15.6 Å². The molecule has 0 saturated heterocycles. The molecule has 1 aliphatic heterocycles. The molecule has 2 heterocycles. The second-order valence-corrected chi connectivity index (χ2v) is 4.95. The van der Waals surface area contributed by atoms with Crippen molar-refractivity contribution in [1.82, 2.24) is 9.88 Å². The van der Waals surface area contributed by atoms with Gasteiger partial charge in [0, 0.05) is 25.0 Å². The third kappa shape index (κ3) is 2.34. The second-order valence-electron chi connectivity index (χ2n) is 4.95. The zero-order chi connectivity index (χ0) is 13.2. The predicted molar refractivity (Wildman–Crippen MR) is 74.7 cm³/mol. The SMILES string of the molecule is Nc1c[nH]c(C(=O)N2CCCc3ccccc3C2)c1. The van der Waals surface area contributed by atoms with Crippen LogP contribution in [0.25, 0.3) is 0 Å². The van der Waals surface area contributed by atoms with Crippen molar-refractivity contribution < 1.29 is 4.79 Å². The van der Waals surface area contributed by atoms with Gasteiger partial charge in [-0.3, -0.25) is 4.79 Å². The molecule has 0 radical (unpaired) electrons. The van der Waals surface area contributed by atoms with E-state index in [1.54, 1.807) is 12.3 Å². The number of amides is 1. The smallest absolute Gasteiger partial charge is 0.270 e. The molecule has 1 aromatic carbocycles. The molecule has 4 nitrogen and oxygen atoms in total. The summed E-state index contributed by atoms with van der Waals surface area (Å²) in [5.74, 6) is 0.0217. The first-order valence-corrected chi connectivity index (χ1v) is 6.54. The molecule has 3 rings (SSSR count). The van der Waals surface area contributed by atoms with Gasteiger partial charge in [-0.05, 0) is 30.0 Å². The molecule has 0 fully saturated rings. The molecule has 0 aliphatic carbocycles. The molecule has 0 saturated carbocycles. The van der Waals surface area contributed by atoms with Crippen LogP contribution in [-0.4, -0.2) is 22.3 Å². The molecule has 0 bridgehead atoms. The topological polar surface area (TPSA) is 62.1 Å². The van der Waals surface area contributed by atoms with E-state index in [9.17, 15) is 4.79 Å². The normalized spacial score (nSPS) is 14.8. The van der Waals surface area contributed by atoms with Crippen LogP contribution in [0.15, 0.2) is 36.5 Å². The molecule has 0 atom stereocenters. The largest absolute Gasteiger partial charge is 0.397 e. The number of rotatable bonds is 1. The quantitative estimate of drug-likeness (QED) is 0.820. The fourth-order valence-electron chi connectivity index (χ4n) is 2.58. The zero-order valence-corrected chi connectivity index (χ0v) is 10.7. The Kier molecular flexibility index (Phi) is 2.99. The lowest BCUT2D eigenvalue weighted by molar-refractivity contribution is 0.0740. The Bertz CT molecular complexity index is 603. The Morgan fingerprint density at radius 3 is 2.79 bits per heavy atom. The van der Waals surface area contributed by atoms with Gasteiger partial charge in [-0.2, -0.15) is 0 Å². The van der Waals surface area contributed by atoms with Gasteiger partial charge >= 0.3 is 0 Å². The number of benzene rings is 1. The summed E-state index contributed by atoms with van der Waals surface area (Å²) in [4.78, 5) is 17.2. The molecule has 19 heavy (non-hydrogen) atoms. The van der Waals surface area contributed by atoms with Gasteiger partial charge in [-0.1, -0.05) is 24.3 Å². The van der Waals surface area contributed by atoms with Crippen LogP contribution in [0.1, 0.15) is 28.0 Å². The molecule has 1 aliphatic rings. The second kappa shape index (κ2) is 4.80. The van der Waals surface area contributed by atoms with Crippen LogP contribution in [0.2, 0.25) is 0 Å². The summed E-state index contributed by atoms with van der Waals surface area (Å²) in [7, 11) is 0. The molecular weight excluding hydrogens is 238 g/mol. The predicted octanol–water partition coefficient (Wildman–Crippen LogP) is 2.19. The number of nitrogens with two attached hydrogens (primary N) is 1. The number of aryl methyl sites for hydroxylation is 1. The highest BCUT2D eigenvalue weighted by Crippen LogP contribution is 2.20. The fraction of sp³-hybridized carbons (Fsp3) is 0.267. The van der Waals surface area contributed by atoms with Crippen molar-refractivity contribution >= 4 is 11.6 Å². The summed E-state index contributed by atoms with van der Waals surface area (Å²) in [5.41, 5.74) is 9.41. The molecule has 1 amide bonds. The summed E-state index contributed by atoms with van der Waals surface area (Å²) in [5, 5.41) is 0. The minimum atomic E-state index is 0.0217.